The number of fused-ring (bicyclic) bond motifs is 1. The monoisotopic (exact) mass is 296 g/mol. The summed E-state index contributed by atoms with van der Waals surface area (Å²) in [7, 11) is 2.17. The molecule has 0 bridgehead atoms. The number of carboxylic acids is 1. The maximum Gasteiger partial charge on any atom is 0.335 e. The zero-order valence-electron chi connectivity index (χ0n) is 11.7. The van der Waals surface area contributed by atoms with E-state index in [0.29, 0.717) is 11.6 Å². The number of nitrogens with zero attached hydrogens (tertiary/aromatic N) is 2. The first-order valence-corrected chi connectivity index (χ1v) is 6.94. The average Bonchev–Trinajstić information content (AvgIpc) is 2.82. The first-order valence-electron chi connectivity index (χ1n) is 6.94. The molecule has 0 spiro atoms. The summed E-state index contributed by atoms with van der Waals surface area (Å²) in [6.45, 7) is 4.47. The largest absolute Gasteiger partial charge is 0.478 e. The highest BCUT2D eigenvalue weighted by molar-refractivity contribution is 5.88. The highest BCUT2D eigenvalue weighted by Crippen LogP contribution is 2.36. The van der Waals surface area contributed by atoms with E-state index in [1.165, 1.54) is 11.1 Å². The molecule has 0 aromatic heterocycles. The van der Waals surface area contributed by atoms with E-state index in [-0.39, 0.29) is 12.4 Å². The van der Waals surface area contributed by atoms with Crippen molar-refractivity contribution in [1.82, 2.24) is 9.80 Å². The maximum absolute atomic E-state index is 11.0. The molecule has 1 aromatic rings. The molecular weight excluding hydrogens is 276 g/mol. The van der Waals surface area contributed by atoms with Crippen molar-refractivity contribution in [1.29, 1.82) is 0 Å². The molecule has 0 saturated carbocycles. The van der Waals surface area contributed by atoms with Crippen molar-refractivity contribution < 1.29 is 9.90 Å². The first-order chi connectivity index (χ1) is 9.15. The van der Waals surface area contributed by atoms with Crippen LogP contribution in [-0.4, -0.2) is 54.1 Å². The molecule has 1 fully saturated rings. The minimum atomic E-state index is -0.828. The second-order valence-corrected chi connectivity index (χ2v) is 5.61. The number of aryl methyl sites for hydroxylation is 1. The summed E-state index contributed by atoms with van der Waals surface area (Å²) in [5.41, 5.74) is 2.98. The number of aromatic carboxylic acids is 1. The molecule has 1 saturated heterocycles. The summed E-state index contributed by atoms with van der Waals surface area (Å²) in [6, 6.07) is 6.12. The molecule has 5 heteroatoms. The summed E-state index contributed by atoms with van der Waals surface area (Å²) >= 11 is 0. The van der Waals surface area contributed by atoms with E-state index in [1.807, 2.05) is 12.1 Å². The van der Waals surface area contributed by atoms with Crippen molar-refractivity contribution >= 4 is 18.4 Å². The van der Waals surface area contributed by atoms with Gasteiger partial charge in [-0.25, -0.2) is 4.79 Å². The predicted octanol–water partition coefficient (Wildman–Crippen LogP) is 2.04. The highest BCUT2D eigenvalue weighted by Gasteiger charge is 2.29. The van der Waals surface area contributed by atoms with Crippen LogP contribution in [0.1, 0.15) is 33.9 Å². The molecule has 1 aliphatic heterocycles. The molecule has 0 radical (unpaired) electrons. The summed E-state index contributed by atoms with van der Waals surface area (Å²) in [5.74, 6) is -0.828. The Morgan fingerprint density at radius 1 is 1.25 bits per heavy atom. The number of piperazine rings is 1. The zero-order valence-corrected chi connectivity index (χ0v) is 12.5. The minimum Gasteiger partial charge on any atom is -0.478 e. The smallest absolute Gasteiger partial charge is 0.335 e. The molecule has 20 heavy (non-hydrogen) atoms. The van der Waals surface area contributed by atoms with Crippen molar-refractivity contribution in [2.75, 3.05) is 33.2 Å². The van der Waals surface area contributed by atoms with E-state index in [9.17, 15) is 4.79 Å². The third kappa shape index (κ3) is 2.82. The predicted molar refractivity (Wildman–Crippen MR) is 80.8 cm³/mol. The Balaban J connectivity index is 0.00000147. The molecule has 2 aliphatic rings. The topological polar surface area (TPSA) is 43.8 Å². The number of halogens is 1. The van der Waals surface area contributed by atoms with Gasteiger partial charge in [-0.05, 0) is 43.1 Å². The van der Waals surface area contributed by atoms with Crippen LogP contribution < -0.4 is 0 Å². The Kier molecular flexibility index (Phi) is 4.68. The number of carbonyl (C=O) groups is 1. The third-order valence-corrected chi connectivity index (χ3v) is 4.41. The van der Waals surface area contributed by atoms with E-state index in [1.54, 1.807) is 6.07 Å². The third-order valence-electron chi connectivity index (χ3n) is 4.41. The van der Waals surface area contributed by atoms with E-state index < -0.39 is 5.97 Å². The second-order valence-electron chi connectivity index (χ2n) is 5.61. The lowest BCUT2D eigenvalue weighted by Gasteiger charge is -2.36. The molecule has 3 rings (SSSR count). The van der Waals surface area contributed by atoms with Crippen LogP contribution in [0.5, 0.6) is 0 Å². The second kappa shape index (κ2) is 6.12. The van der Waals surface area contributed by atoms with Gasteiger partial charge in [0.25, 0.3) is 0 Å². The van der Waals surface area contributed by atoms with Gasteiger partial charge in [0.15, 0.2) is 0 Å². The van der Waals surface area contributed by atoms with E-state index in [2.05, 4.69) is 16.8 Å². The molecule has 1 heterocycles. The lowest BCUT2D eigenvalue weighted by Crippen LogP contribution is -2.45. The van der Waals surface area contributed by atoms with Gasteiger partial charge in [-0.15, -0.1) is 12.4 Å². The van der Waals surface area contributed by atoms with Crippen LogP contribution in [0.4, 0.5) is 0 Å². The van der Waals surface area contributed by atoms with E-state index in [4.69, 9.17) is 5.11 Å². The lowest BCUT2D eigenvalue weighted by atomic mass is 10.0. The molecule has 110 valence electrons. The molecule has 1 aliphatic carbocycles. The van der Waals surface area contributed by atoms with Gasteiger partial charge in [-0.3, -0.25) is 4.90 Å². The van der Waals surface area contributed by atoms with Crippen LogP contribution in [0.2, 0.25) is 0 Å². The Labute approximate surface area is 125 Å². The minimum absolute atomic E-state index is 0. The van der Waals surface area contributed by atoms with Crippen LogP contribution in [0, 0.1) is 0 Å². The summed E-state index contributed by atoms with van der Waals surface area (Å²) in [5, 5.41) is 9.04. The van der Waals surface area contributed by atoms with Gasteiger partial charge in [0.05, 0.1) is 5.56 Å². The molecular formula is C15H21ClN2O2. The van der Waals surface area contributed by atoms with Gasteiger partial charge in [0.2, 0.25) is 0 Å². The number of hydrogen-bond acceptors (Lipinski definition) is 3. The first kappa shape index (κ1) is 15.3. The van der Waals surface area contributed by atoms with Gasteiger partial charge < -0.3 is 10.0 Å². The average molecular weight is 297 g/mol. The van der Waals surface area contributed by atoms with Crippen molar-refractivity contribution in [3.8, 4) is 0 Å². The van der Waals surface area contributed by atoms with Crippen molar-refractivity contribution in [2.45, 2.75) is 18.9 Å². The zero-order chi connectivity index (χ0) is 13.4. The number of benzene rings is 1. The van der Waals surface area contributed by atoms with Crippen molar-refractivity contribution in [3.05, 3.63) is 34.9 Å². The summed E-state index contributed by atoms with van der Waals surface area (Å²) in [6.07, 6.45) is 2.13. The van der Waals surface area contributed by atoms with Gasteiger partial charge in [-0.2, -0.15) is 0 Å². The van der Waals surface area contributed by atoms with Crippen molar-refractivity contribution in [2.24, 2.45) is 0 Å². The van der Waals surface area contributed by atoms with Gasteiger partial charge in [0, 0.05) is 32.2 Å². The molecule has 0 amide bonds. The highest BCUT2D eigenvalue weighted by atomic mass is 35.5. The summed E-state index contributed by atoms with van der Waals surface area (Å²) < 4.78 is 0. The Hall–Kier alpha value is -1.10. The molecule has 0 unspecified atom stereocenters. The van der Waals surface area contributed by atoms with Gasteiger partial charge in [-0.1, -0.05) is 6.07 Å². The Bertz CT molecular complexity index is 499. The Morgan fingerprint density at radius 3 is 2.60 bits per heavy atom. The molecule has 1 N–H and O–H groups in total. The number of likely N-dealkylation sites (N-methyl/N-ethyl adjacent to an activating group) is 1. The van der Waals surface area contributed by atoms with E-state index >= 15 is 0 Å². The number of carboxylic acid groups (broad SMARTS) is 1. The quantitative estimate of drug-likeness (QED) is 0.907. The fourth-order valence-corrected chi connectivity index (χ4v) is 3.24. The van der Waals surface area contributed by atoms with Gasteiger partial charge in [0.1, 0.15) is 0 Å². The number of rotatable bonds is 2. The lowest BCUT2D eigenvalue weighted by molar-refractivity contribution is 0.0696. The Morgan fingerprint density at radius 2 is 1.95 bits per heavy atom. The van der Waals surface area contributed by atoms with Crippen LogP contribution in [0.15, 0.2) is 18.2 Å². The standard InChI is InChI=1S/C15H20N2O2.ClH/c1-16-6-8-17(9-7-16)14-5-3-11-10-12(15(18)19)2-4-13(11)14;/h2,4,10,14H,3,5-9H2,1H3,(H,18,19);1H/t14-;/m1./s1. The van der Waals surface area contributed by atoms with Crippen LogP contribution in [-0.2, 0) is 6.42 Å². The normalized spacial score (nSPS) is 23.1. The molecule has 4 nitrogen and oxygen atoms in total. The fraction of sp³-hybridized carbons (Fsp3) is 0.533. The van der Waals surface area contributed by atoms with Crippen LogP contribution in [0.3, 0.4) is 0 Å². The van der Waals surface area contributed by atoms with Crippen molar-refractivity contribution in [3.63, 3.8) is 0 Å². The molecule has 1 aromatic carbocycles. The molecule has 1 atom stereocenters. The summed E-state index contributed by atoms with van der Waals surface area (Å²) in [4.78, 5) is 15.9. The van der Waals surface area contributed by atoms with E-state index in [0.717, 1.165) is 39.0 Å². The van der Waals surface area contributed by atoms with Crippen LogP contribution >= 0.6 is 12.4 Å². The SMILES string of the molecule is CN1CCN([C@@H]2CCc3cc(C(=O)O)ccc32)CC1.Cl. The maximum atomic E-state index is 11.0. The number of hydrogen-bond donors (Lipinski definition) is 1. The fourth-order valence-electron chi connectivity index (χ4n) is 3.24. The van der Waals surface area contributed by atoms with Gasteiger partial charge >= 0.3 is 5.97 Å². The van der Waals surface area contributed by atoms with Crippen LogP contribution in [0.25, 0.3) is 0 Å².